The van der Waals surface area contributed by atoms with Gasteiger partial charge in [0, 0.05) is 36.6 Å². The van der Waals surface area contributed by atoms with Gasteiger partial charge in [0.05, 0.1) is 13.7 Å². The van der Waals surface area contributed by atoms with Crippen LogP contribution in [0.4, 0.5) is 0 Å². The van der Waals surface area contributed by atoms with E-state index in [1.54, 1.807) is 30.2 Å². The van der Waals surface area contributed by atoms with E-state index in [1.165, 1.54) is 0 Å². The number of methoxy groups -OCH3 is 1. The van der Waals surface area contributed by atoms with Crippen LogP contribution in [0.15, 0.2) is 42.6 Å². The van der Waals surface area contributed by atoms with Crippen molar-refractivity contribution in [1.29, 1.82) is 0 Å². The number of hydrogen-bond acceptors (Lipinski definition) is 3. The molecule has 1 atom stereocenters. The highest BCUT2D eigenvalue weighted by Crippen LogP contribution is 2.29. The molecule has 0 aliphatic heterocycles. The van der Waals surface area contributed by atoms with Crippen molar-refractivity contribution >= 4 is 11.8 Å². The van der Waals surface area contributed by atoms with Gasteiger partial charge in [-0.3, -0.25) is 9.59 Å². The maximum atomic E-state index is 13.2. The Hall–Kier alpha value is -2.76. The second-order valence-electron chi connectivity index (χ2n) is 7.79. The van der Waals surface area contributed by atoms with Crippen LogP contribution >= 0.6 is 0 Å². The highest BCUT2D eigenvalue weighted by atomic mass is 16.5. The Morgan fingerprint density at radius 2 is 2.00 bits per heavy atom. The van der Waals surface area contributed by atoms with Crippen LogP contribution in [-0.4, -0.2) is 51.9 Å². The van der Waals surface area contributed by atoms with E-state index < -0.39 is 0 Å². The summed E-state index contributed by atoms with van der Waals surface area (Å²) in [5, 5.41) is 0. The van der Waals surface area contributed by atoms with Crippen LogP contribution in [-0.2, 0) is 18.4 Å². The van der Waals surface area contributed by atoms with E-state index in [2.05, 4.69) is 0 Å². The van der Waals surface area contributed by atoms with Crippen molar-refractivity contribution in [3.63, 3.8) is 0 Å². The second-order valence-corrected chi connectivity index (χ2v) is 7.79. The highest BCUT2D eigenvalue weighted by Gasteiger charge is 2.35. The Bertz CT molecular complexity index is 857. The number of rotatable bonds is 9. The van der Waals surface area contributed by atoms with Crippen molar-refractivity contribution < 1.29 is 14.3 Å². The molecule has 1 aromatic heterocycles. The molecule has 156 valence electrons. The number of aromatic nitrogens is 1. The van der Waals surface area contributed by atoms with Crippen LogP contribution in [0.1, 0.15) is 49.2 Å². The van der Waals surface area contributed by atoms with Gasteiger partial charge < -0.3 is 19.1 Å². The molecule has 0 spiro atoms. The molecule has 1 aliphatic carbocycles. The third-order valence-corrected chi connectivity index (χ3v) is 5.70. The first-order valence-electron chi connectivity index (χ1n) is 10.3. The Morgan fingerprint density at radius 3 is 2.59 bits per heavy atom. The molecule has 29 heavy (non-hydrogen) atoms. The van der Waals surface area contributed by atoms with E-state index in [0.717, 1.165) is 25.0 Å². The molecule has 1 aromatic carbocycles. The lowest BCUT2D eigenvalue weighted by Gasteiger charge is -2.31. The molecule has 0 bridgehead atoms. The highest BCUT2D eigenvalue weighted by molar-refractivity contribution is 5.97. The van der Waals surface area contributed by atoms with Crippen LogP contribution in [0.25, 0.3) is 0 Å². The zero-order chi connectivity index (χ0) is 21.0. The topological polar surface area (TPSA) is 54.8 Å². The molecule has 0 N–H and O–H groups in total. The van der Waals surface area contributed by atoms with Crippen LogP contribution in [0.3, 0.4) is 0 Å². The van der Waals surface area contributed by atoms with Gasteiger partial charge in [0.15, 0.2) is 0 Å². The minimum atomic E-state index is -0.138. The number of aryl methyl sites for hydroxylation is 1. The molecule has 3 rings (SSSR count). The van der Waals surface area contributed by atoms with Crippen LogP contribution in [0.2, 0.25) is 0 Å². The normalized spacial score (nSPS) is 14.3. The van der Waals surface area contributed by atoms with Crippen molar-refractivity contribution in [2.24, 2.45) is 7.05 Å². The molecule has 1 heterocycles. The fraction of sp³-hybridized carbons (Fsp3) is 0.478. The summed E-state index contributed by atoms with van der Waals surface area (Å²) in [6.45, 7) is 4.69. The largest absolute Gasteiger partial charge is 0.497 e. The summed E-state index contributed by atoms with van der Waals surface area (Å²) >= 11 is 0. The van der Waals surface area contributed by atoms with Crippen LogP contribution in [0, 0.1) is 0 Å². The quantitative estimate of drug-likeness (QED) is 0.651. The summed E-state index contributed by atoms with van der Waals surface area (Å²) < 4.78 is 7.29. The summed E-state index contributed by atoms with van der Waals surface area (Å²) in [4.78, 5) is 30.1. The van der Waals surface area contributed by atoms with E-state index >= 15 is 0 Å². The Kier molecular flexibility index (Phi) is 6.62. The molecule has 6 heteroatoms. The van der Waals surface area contributed by atoms with Crippen molar-refractivity contribution in [3.8, 4) is 5.75 Å². The molecular weight excluding hydrogens is 366 g/mol. The van der Waals surface area contributed by atoms with Gasteiger partial charge in [0.25, 0.3) is 5.91 Å². The van der Waals surface area contributed by atoms with Crippen LogP contribution in [0.5, 0.6) is 5.75 Å². The molecule has 0 radical (unpaired) electrons. The first-order chi connectivity index (χ1) is 13.9. The number of ether oxygens (including phenoxy) is 1. The number of hydrogen-bond donors (Lipinski definition) is 0. The third kappa shape index (κ3) is 5.00. The zero-order valence-corrected chi connectivity index (χ0v) is 17.8. The summed E-state index contributed by atoms with van der Waals surface area (Å²) in [6, 6.07) is 11.4. The number of carbonyl (C=O) groups is 2. The fourth-order valence-corrected chi connectivity index (χ4v) is 3.45. The molecule has 2 aromatic rings. The van der Waals surface area contributed by atoms with E-state index in [-0.39, 0.29) is 30.4 Å². The van der Waals surface area contributed by atoms with Gasteiger partial charge in [-0.25, -0.2) is 0 Å². The van der Waals surface area contributed by atoms with Gasteiger partial charge >= 0.3 is 0 Å². The second kappa shape index (κ2) is 9.16. The maximum absolute atomic E-state index is 13.2. The molecule has 0 saturated heterocycles. The first-order valence-corrected chi connectivity index (χ1v) is 10.3. The van der Waals surface area contributed by atoms with Crippen molar-refractivity contribution in [3.05, 3.63) is 53.9 Å². The average Bonchev–Trinajstić information content (AvgIpc) is 3.50. The molecule has 1 aliphatic rings. The molecule has 6 nitrogen and oxygen atoms in total. The monoisotopic (exact) mass is 397 g/mol. The maximum Gasteiger partial charge on any atom is 0.254 e. The molecular formula is C23H31N3O3. The minimum absolute atomic E-state index is 0.00486. The van der Waals surface area contributed by atoms with Gasteiger partial charge in [0.2, 0.25) is 5.91 Å². The van der Waals surface area contributed by atoms with E-state index in [4.69, 9.17) is 4.74 Å². The van der Waals surface area contributed by atoms with Gasteiger partial charge in [-0.05, 0) is 56.5 Å². The molecule has 2 amide bonds. The molecule has 1 fully saturated rings. The van der Waals surface area contributed by atoms with Crippen molar-refractivity contribution in [2.45, 2.75) is 51.7 Å². The standard InChI is InChI=1S/C23H31N3O3/c1-5-17(2)25(23(28)18-8-6-10-21(14-18)29-4)16-22(27)26(19-11-12-19)15-20-9-7-13-24(20)3/h6-10,13-14,17,19H,5,11-12,15-16H2,1-4H3/t17-/m0/s1. The van der Waals surface area contributed by atoms with E-state index in [9.17, 15) is 9.59 Å². The first kappa shape index (κ1) is 21.0. The van der Waals surface area contributed by atoms with E-state index in [1.807, 2.05) is 54.8 Å². The smallest absolute Gasteiger partial charge is 0.254 e. The zero-order valence-electron chi connectivity index (χ0n) is 17.8. The van der Waals surface area contributed by atoms with Crippen LogP contribution < -0.4 is 4.74 Å². The summed E-state index contributed by atoms with van der Waals surface area (Å²) in [5.74, 6) is 0.501. The Balaban J connectivity index is 1.78. The summed E-state index contributed by atoms with van der Waals surface area (Å²) in [7, 11) is 3.57. The number of carbonyl (C=O) groups excluding carboxylic acids is 2. The van der Waals surface area contributed by atoms with Crippen molar-refractivity contribution in [2.75, 3.05) is 13.7 Å². The van der Waals surface area contributed by atoms with Gasteiger partial charge in [-0.15, -0.1) is 0 Å². The van der Waals surface area contributed by atoms with Gasteiger partial charge in [-0.1, -0.05) is 13.0 Å². The van der Waals surface area contributed by atoms with E-state index in [0.29, 0.717) is 17.9 Å². The third-order valence-electron chi connectivity index (χ3n) is 5.70. The lowest BCUT2D eigenvalue weighted by atomic mass is 10.1. The number of amides is 2. The van der Waals surface area contributed by atoms with Crippen molar-refractivity contribution in [1.82, 2.24) is 14.4 Å². The van der Waals surface area contributed by atoms with Gasteiger partial charge in [0.1, 0.15) is 12.3 Å². The van der Waals surface area contributed by atoms with Gasteiger partial charge in [-0.2, -0.15) is 0 Å². The summed E-state index contributed by atoms with van der Waals surface area (Å²) in [6.07, 6.45) is 4.83. The predicted octanol–water partition coefficient (Wildman–Crippen LogP) is 3.47. The molecule has 0 unspecified atom stereocenters. The summed E-state index contributed by atoms with van der Waals surface area (Å²) in [5.41, 5.74) is 1.64. The SMILES string of the molecule is CC[C@H](C)N(CC(=O)N(Cc1cccn1C)C1CC1)C(=O)c1cccc(OC)c1. The fourth-order valence-electron chi connectivity index (χ4n) is 3.45. The Labute approximate surface area is 173 Å². The number of nitrogens with zero attached hydrogens (tertiary/aromatic N) is 3. The lowest BCUT2D eigenvalue weighted by molar-refractivity contribution is -0.133. The minimum Gasteiger partial charge on any atom is -0.497 e. The average molecular weight is 398 g/mol. The Morgan fingerprint density at radius 1 is 1.24 bits per heavy atom. The molecule has 1 saturated carbocycles. The lowest BCUT2D eigenvalue weighted by Crippen LogP contribution is -2.47. The predicted molar refractivity (Wildman–Crippen MR) is 113 cm³/mol. The number of benzene rings is 1.